The number of hydrogen-bond acceptors (Lipinski definition) is 3. The molecule has 0 atom stereocenters. The van der Waals surface area contributed by atoms with Gasteiger partial charge in [-0.2, -0.15) is 0 Å². The predicted octanol–water partition coefficient (Wildman–Crippen LogP) is 15.0. The van der Waals surface area contributed by atoms with Gasteiger partial charge in [0.25, 0.3) is 0 Å². The van der Waals surface area contributed by atoms with E-state index in [1.54, 1.807) is 0 Å². The Morgan fingerprint density at radius 3 is 1.68 bits per heavy atom. The minimum Gasteiger partial charge on any atom is -0.456 e. The van der Waals surface area contributed by atoms with Crippen molar-refractivity contribution in [1.29, 1.82) is 0 Å². The first-order valence-electron chi connectivity index (χ1n) is 20.3. The fraction of sp³-hybridized carbons (Fsp3) is 0. The number of furan rings is 1. The van der Waals surface area contributed by atoms with Crippen molar-refractivity contribution in [2.24, 2.45) is 0 Å². The molecule has 4 heteroatoms. The standard InChI is InChI=1S/C56H35N3O/c1-3-15-36(16-4-1)43-34-47(42-22-14-21-40(32-42)38-19-13-20-39(31-38)41-29-30-53-48(33-41)45-24-9-12-28-52(45)60-53)55-49(35-43)44-23-8-11-27-51(44)59(55)56-57-50-26-10-7-25-46(50)54(58-56)37-17-5-2-6-18-37/h1-35H. The van der Waals surface area contributed by atoms with Crippen molar-refractivity contribution < 1.29 is 4.42 Å². The summed E-state index contributed by atoms with van der Waals surface area (Å²) in [4.78, 5) is 10.7. The third-order valence-electron chi connectivity index (χ3n) is 11.8. The molecule has 0 amide bonds. The summed E-state index contributed by atoms with van der Waals surface area (Å²) < 4.78 is 8.42. The van der Waals surface area contributed by atoms with Crippen molar-refractivity contribution in [1.82, 2.24) is 14.5 Å². The van der Waals surface area contributed by atoms with Crippen molar-refractivity contribution in [3.05, 3.63) is 212 Å². The molecule has 12 aromatic rings. The zero-order chi connectivity index (χ0) is 39.6. The first-order valence-corrected chi connectivity index (χ1v) is 20.3. The Morgan fingerprint density at radius 2 is 0.900 bits per heavy atom. The highest BCUT2D eigenvalue weighted by molar-refractivity contribution is 6.15. The summed E-state index contributed by atoms with van der Waals surface area (Å²) in [7, 11) is 0. The normalized spacial score (nSPS) is 11.7. The Bertz CT molecular complexity index is 3600. The van der Waals surface area contributed by atoms with Crippen molar-refractivity contribution in [2.75, 3.05) is 0 Å². The molecule has 0 aliphatic carbocycles. The third kappa shape index (κ3) is 5.61. The summed E-state index contributed by atoms with van der Waals surface area (Å²) in [6.07, 6.45) is 0. The van der Waals surface area contributed by atoms with Crippen molar-refractivity contribution in [2.45, 2.75) is 0 Å². The zero-order valence-electron chi connectivity index (χ0n) is 32.5. The first kappa shape index (κ1) is 34.0. The third-order valence-corrected chi connectivity index (χ3v) is 11.8. The van der Waals surface area contributed by atoms with Crippen LogP contribution in [0, 0.1) is 0 Å². The zero-order valence-corrected chi connectivity index (χ0v) is 32.5. The van der Waals surface area contributed by atoms with Gasteiger partial charge in [0.2, 0.25) is 5.95 Å². The van der Waals surface area contributed by atoms with Crippen LogP contribution in [0.2, 0.25) is 0 Å². The van der Waals surface area contributed by atoms with Gasteiger partial charge in [-0.25, -0.2) is 9.97 Å². The smallest absolute Gasteiger partial charge is 0.235 e. The molecule has 4 nitrogen and oxygen atoms in total. The Kier molecular flexibility index (Phi) is 7.82. The van der Waals surface area contributed by atoms with Crippen LogP contribution < -0.4 is 0 Å². The lowest BCUT2D eigenvalue weighted by molar-refractivity contribution is 0.669. The molecule has 60 heavy (non-hydrogen) atoms. The summed E-state index contributed by atoms with van der Waals surface area (Å²) in [6.45, 7) is 0. The average Bonchev–Trinajstić information content (AvgIpc) is 3.87. The van der Waals surface area contributed by atoms with Gasteiger partial charge >= 0.3 is 0 Å². The number of hydrogen-bond donors (Lipinski definition) is 0. The number of fused-ring (bicyclic) bond motifs is 7. The second-order valence-corrected chi connectivity index (χ2v) is 15.4. The molecule has 0 fully saturated rings. The van der Waals surface area contributed by atoms with E-state index in [-0.39, 0.29) is 0 Å². The summed E-state index contributed by atoms with van der Waals surface area (Å²) in [5.41, 5.74) is 15.9. The molecule has 3 aromatic heterocycles. The van der Waals surface area contributed by atoms with E-state index >= 15 is 0 Å². The summed E-state index contributed by atoms with van der Waals surface area (Å²) in [6, 6.07) is 75.2. The molecule has 280 valence electrons. The molecule has 0 saturated heterocycles. The van der Waals surface area contributed by atoms with Crippen LogP contribution in [-0.4, -0.2) is 14.5 Å². The maximum atomic E-state index is 6.15. The van der Waals surface area contributed by atoms with E-state index in [4.69, 9.17) is 14.4 Å². The van der Waals surface area contributed by atoms with Crippen molar-refractivity contribution in [3.63, 3.8) is 0 Å². The van der Waals surface area contributed by atoms with Crippen LogP contribution in [0.5, 0.6) is 0 Å². The molecule has 12 rings (SSSR count). The maximum absolute atomic E-state index is 6.15. The minimum absolute atomic E-state index is 0.638. The fourth-order valence-electron chi connectivity index (χ4n) is 8.95. The second-order valence-electron chi connectivity index (χ2n) is 15.4. The summed E-state index contributed by atoms with van der Waals surface area (Å²) >= 11 is 0. The van der Waals surface area contributed by atoms with Gasteiger partial charge in [-0.15, -0.1) is 0 Å². The van der Waals surface area contributed by atoms with E-state index in [0.717, 1.165) is 110 Å². The molecule has 9 aromatic carbocycles. The van der Waals surface area contributed by atoms with Crippen LogP contribution in [0.1, 0.15) is 0 Å². The molecule has 0 unspecified atom stereocenters. The fourth-order valence-corrected chi connectivity index (χ4v) is 8.95. The number of benzene rings is 9. The van der Waals surface area contributed by atoms with Gasteiger partial charge in [0.05, 0.1) is 22.2 Å². The van der Waals surface area contributed by atoms with Gasteiger partial charge in [0.15, 0.2) is 0 Å². The SMILES string of the molecule is c1ccc(-c2cc(-c3cccc(-c4cccc(-c5ccc6oc7ccccc7c6c5)c4)c3)c3c(c2)c2ccccc2n3-c2nc(-c3ccccc3)c3ccccc3n2)cc1. The van der Waals surface area contributed by atoms with Crippen LogP contribution in [0.3, 0.4) is 0 Å². The van der Waals surface area contributed by atoms with Gasteiger partial charge in [0, 0.05) is 38.1 Å². The van der Waals surface area contributed by atoms with Crippen molar-refractivity contribution >= 4 is 54.6 Å². The predicted molar refractivity (Wildman–Crippen MR) is 248 cm³/mol. The second kappa shape index (κ2) is 13.8. The van der Waals surface area contributed by atoms with E-state index in [1.165, 1.54) is 0 Å². The molecule has 0 aliphatic heterocycles. The minimum atomic E-state index is 0.638. The molecule has 0 saturated carbocycles. The number of para-hydroxylation sites is 3. The Labute approximate surface area is 346 Å². The Hall–Kier alpha value is -8.08. The van der Waals surface area contributed by atoms with Gasteiger partial charge < -0.3 is 4.42 Å². The monoisotopic (exact) mass is 765 g/mol. The molecular formula is C56H35N3O. The Balaban J connectivity index is 1.08. The topological polar surface area (TPSA) is 43.9 Å². The van der Waals surface area contributed by atoms with E-state index in [1.807, 2.05) is 18.2 Å². The highest BCUT2D eigenvalue weighted by Crippen LogP contribution is 2.43. The summed E-state index contributed by atoms with van der Waals surface area (Å²) in [5, 5.41) is 5.57. The highest BCUT2D eigenvalue weighted by atomic mass is 16.3. The lowest BCUT2D eigenvalue weighted by atomic mass is 9.93. The van der Waals surface area contributed by atoms with Crippen molar-refractivity contribution in [3.8, 4) is 61.7 Å². The quantitative estimate of drug-likeness (QED) is 0.169. The molecule has 3 heterocycles. The molecule has 0 bridgehead atoms. The van der Waals surface area contributed by atoms with Gasteiger partial charge in [-0.3, -0.25) is 4.57 Å². The lowest BCUT2D eigenvalue weighted by Gasteiger charge is -2.15. The number of aromatic nitrogens is 3. The van der Waals surface area contributed by atoms with Crippen LogP contribution in [0.25, 0.3) is 116 Å². The van der Waals surface area contributed by atoms with E-state index in [2.05, 4.69) is 199 Å². The molecule has 0 N–H and O–H groups in total. The van der Waals surface area contributed by atoms with E-state index in [9.17, 15) is 0 Å². The average molecular weight is 766 g/mol. The molecule has 0 aliphatic rings. The molecule has 0 radical (unpaired) electrons. The van der Waals surface area contributed by atoms with Gasteiger partial charge in [-0.05, 0) is 93.5 Å². The maximum Gasteiger partial charge on any atom is 0.235 e. The van der Waals surface area contributed by atoms with Crippen LogP contribution in [-0.2, 0) is 0 Å². The van der Waals surface area contributed by atoms with Crippen LogP contribution in [0.4, 0.5) is 0 Å². The highest BCUT2D eigenvalue weighted by Gasteiger charge is 2.22. The van der Waals surface area contributed by atoms with Crippen LogP contribution in [0.15, 0.2) is 217 Å². The van der Waals surface area contributed by atoms with Gasteiger partial charge in [-0.1, -0.05) is 158 Å². The largest absolute Gasteiger partial charge is 0.456 e. The van der Waals surface area contributed by atoms with E-state index in [0.29, 0.717) is 5.95 Å². The first-order chi connectivity index (χ1) is 29.7. The lowest BCUT2D eigenvalue weighted by Crippen LogP contribution is -2.04. The van der Waals surface area contributed by atoms with Crippen LogP contribution >= 0.6 is 0 Å². The number of rotatable bonds is 6. The number of nitrogens with zero attached hydrogens (tertiary/aromatic N) is 3. The molecular weight excluding hydrogens is 731 g/mol. The Morgan fingerprint density at radius 1 is 0.333 bits per heavy atom. The summed E-state index contributed by atoms with van der Waals surface area (Å²) in [5.74, 6) is 0.638. The molecule has 0 spiro atoms. The van der Waals surface area contributed by atoms with E-state index < -0.39 is 0 Å². The van der Waals surface area contributed by atoms with Gasteiger partial charge in [0.1, 0.15) is 11.2 Å².